The molecule has 5 atom stereocenters. The predicted molar refractivity (Wildman–Crippen MR) is 101 cm³/mol. The normalized spacial score (nSPS) is 25.1. The fourth-order valence-electron chi connectivity index (χ4n) is 2.57. The number of hydrogen-bond acceptors (Lipinski definition) is 9. The van der Waals surface area contributed by atoms with Gasteiger partial charge in [-0.3, -0.25) is 28.0 Å². The summed E-state index contributed by atoms with van der Waals surface area (Å²) in [7, 11) is -19.2. The molecule has 33 heavy (non-hydrogen) atoms. The molecule has 1 aromatic rings. The molecule has 2 unspecified atom stereocenters. The number of hydrogen-bond donors (Lipinski definition) is 5. The first-order valence-corrected chi connectivity index (χ1v) is 13.1. The van der Waals surface area contributed by atoms with E-state index in [1.807, 2.05) is 4.98 Å². The van der Waals surface area contributed by atoms with Crippen LogP contribution in [0.4, 0.5) is 8.78 Å². The molecule has 1 saturated heterocycles. The van der Waals surface area contributed by atoms with Crippen LogP contribution in [0.1, 0.15) is 18.2 Å². The zero-order chi connectivity index (χ0) is 25.4. The van der Waals surface area contributed by atoms with Crippen molar-refractivity contribution in [1.29, 1.82) is 0 Å². The summed E-state index contributed by atoms with van der Waals surface area (Å²) in [5.74, 6) is 0. The minimum absolute atomic E-state index is 0.108. The van der Waals surface area contributed by atoms with Crippen molar-refractivity contribution >= 4 is 23.0 Å². The first-order valence-electron chi connectivity index (χ1n) is 8.38. The number of nitrogens with zero attached hydrogens (tertiary/aromatic N) is 4. The maximum atomic E-state index is 13.5. The highest BCUT2D eigenvalue weighted by Crippen LogP contribution is 2.77. The van der Waals surface area contributed by atoms with E-state index in [1.165, 1.54) is 6.92 Å². The molecule has 17 nitrogen and oxygen atoms in total. The predicted octanol–water partition coefficient (Wildman–Crippen LogP) is 0.858. The van der Waals surface area contributed by atoms with Crippen molar-refractivity contribution in [3.63, 3.8) is 0 Å². The van der Waals surface area contributed by atoms with Crippen molar-refractivity contribution in [2.24, 2.45) is 5.11 Å². The third kappa shape index (κ3) is 6.04. The van der Waals surface area contributed by atoms with Gasteiger partial charge in [0.1, 0.15) is 6.23 Å². The second-order valence-electron chi connectivity index (χ2n) is 6.54. The molecule has 0 bridgehead atoms. The van der Waals surface area contributed by atoms with Gasteiger partial charge in [-0.05, 0) is 12.5 Å². The SMILES string of the molecule is Cc1cn([C@@H]2C[C@@H](N=[N+]=[N-])[C@H](COP(=O)(O)OP(=O)(O)C(F)(F)P(=O)(O)O)O2)c(=O)[nH]c1=O. The summed E-state index contributed by atoms with van der Waals surface area (Å²) in [6.45, 7) is 0.293. The van der Waals surface area contributed by atoms with Gasteiger partial charge in [0.25, 0.3) is 5.56 Å². The van der Waals surface area contributed by atoms with Crippen LogP contribution in [0.2, 0.25) is 0 Å². The molecule has 0 amide bonds. The molecule has 2 heterocycles. The number of azide groups is 1. The van der Waals surface area contributed by atoms with Gasteiger partial charge in [0.05, 0.1) is 18.8 Å². The standard InChI is InChI=1S/C11H16F2N5O12P3/c1-5-3-18(10(20)15-9(5)19)8-2-6(16-17-14)7(29-8)4-28-33(26,27)30-32(24,25)11(12,13)31(21,22)23/h3,6-8H,2,4H2,1H3,(H,24,25)(H,26,27)(H,15,19,20)(H2,21,22,23)/t6-,7+,8+/m1/s1. The average Bonchev–Trinajstić information content (AvgIpc) is 3.04. The maximum Gasteiger partial charge on any atom is 0.479 e. The number of aromatic amines is 1. The molecular weight excluding hydrogens is 525 g/mol. The fraction of sp³-hybridized carbons (Fsp3) is 0.636. The van der Waals surface area contributed by atoms with Crippen LogP contribution in [-0.4, -0.2) is 53.3 Å². The molecule has 5 N–H and O–H groups in total. The van der Waals surface area contributed by atoms with E-state index < -0.39 is 64.6 Å². The first kappa shape index (κ1) is 27.5. The topological polar surface area (TPSA) is 263 Å². The zero-order valence-electron chi connectivity index (χ0n) is 16.2. The molecule has 1 aliphatic rings. The lowest BCUT2D eigenvalue weighted by Gasteiger charge is -2.24. The second kappa shape index (κ2) is 9.49. The van der Waals surface area contributed by atoms with Gasteiger partial charge in [-0.15, -0.1) is 0 Å². The molecule has 22 heteroatoms. The molecule has 1 aliphatic heterocycles. The summed E-state index contributed by atoms with van der Waals surface area (Å²) < 4.78 is 75.0. The van der Waals surface area contributed by atoms with E-state index in [0.717, 1.165) is 10.8 Å². The molecule has 1 aromatic heterocycles. The summed E-state index contributed by atoms with van der Waals surface area (Å²) in [6, 6.07) is -1.17. The summed E-state index contributed by atoms with van der Waals surface area (Å²) in [4.78, 5) is 63.6. The Morgan fingerprint density at radius 3 is 2.48 bits per heavy atom. The number of aromatic nitrogens is 2. The Labute approximate surface area is 180 Å². The van der Waals surface area contributed by atoms with Gasteiger partial charge in [-0.2, -0.15) is 8.78 Å². The number of phosphoric ester groups is 1. The molecule has 2 rings (SSSR count). The molecule has 1 fully saturated rings. The second-order valence-corrected chi connectivity index (χ2v) is 12.0. The van der Waals surface area contributed by atoms with E-state index in [1.54, 1.807) is 0 Å². The fourth-order valence-corrected chi connectivity index (χ4v) is 6.25. The van der Waals surface area contributed by atoms with Gasteiger partial charge >= 0.3 is 34.1 Å². The Hall–Kier alpha value is -1.74. The molecule has 186 valence electrons. The van der Waals surface area contributed by atoms with E-state index in [2.05, 4.69) is 18.9 Å². The van der Waals surface area contributed by atoms with Crippen LogP contribution in [0.25, 0.3) is 10.4 Å². The maximum absolute atomic E-state index is 13.5. The third-order valence-corrected chi connectivity index (χ3v) is 9.27. The number of H-pyrrole nitrogens is 1. The number of ether oxygens (including phenoxy) is 1. The van der Waals surface area contributed by atoms with Crippen LogP contribution in [0.3, 0.4) is 0 Å². The van der Waals surface area contributed by atoms with E-state index in [4.69, 9.17) is 24.9 Å². The van der Waals surface area contributed by atoms with E-state index in [0.29, 0.717) is 0 Å². The molecule has 0 spiro atoms. The molecule has 0 aromatic carbocycles. The average molecular weight is 541 g/mol. The third-order valence-electron chi connectivity index (χ3n) is 4.17. The van der Waals surface area contributed by atoms with Crippen LogP contribution in [0, 0.1) is 6.92 Å². The Balaban J connectivity index is 2.19. The van der Waals surface area contributed by atoms with Crippen LogP contribution in [0.15, 0.2) is 20.9 Å². The minimum Gasteiger partial charge on any atom is -0.352 e. The number of halogens is 2. The van der Waals surface area contributed by atoms with Crippen molar-refractivity contribution < 1.29 is 55.6 Å². The summed E-state index contributed by atoms with van der Waals surface area (Å²) >= 11 is 0. The zero-order valence-corrected chi connectivity index (χ0v) is 18.8. The van der Waals surface area contributed by atoms with Crippen molar-refractivity contribution in [3.8, 4) is 0 Å². The number of nitrogens with one attached hydrogen (secondary N) is 1. The Morgan fingerprint density at radius 2 is 1.94 bits per heavy atom. The van der Waals surface area contributed by atoms with Gasteiger partial charge in [0.2, 0.25) is 0 Å². The van der Waals surface area contributed by atoms with E-state index in [-0.39, 0.29) is 12.0 Å². The lowest BCUT2D eigenvalue weighted by Crippen LogP contribution is -2.33. The van der Waals surface area contributed by atoms with Gasteiger partial charge in [-0.1, -0.05) is 5.11 Å². The Morgan fingerprint density at radius 1 is 1.33 bits per heavy atom. The molecule has 0 radical (unpaired) electrons. The Kier molecular flexibility index (Phi) is 7.91. The Bertz CT molecular complexity index is 1220. The van der Waals surface area contributed by atoms with E-state index in [9.17, 15) is 37.0 Å². The van der Waals surface area contributed by atoms with E-state index >= 15 is 0 Å². The van der Waals surface area contributed by atoms with Crippen LogP contribution >= 0.6 is 23.0 Å². The van der Waals surface area contributed by atoms with Gasteiger partial charge < -0.3 is 24.3 Å². The first-order chi connectivity index (χ1) is 14.9. The van der Waals surface area contributed by atoms with Gasteiger partial charge in [0, 0.05) is 23.1 Å². The van der Waals surface area contributed by atoms with Crippen LogP contribution in [0.5, 0.6) is 0 Å². The number of rotatable bonds is 9. The monoisotopic (exact) mass is 541 g/mol. The number of phosphoric acid groups is 1. The van der Waals surface area contributed by atoms with Crippen LogP contribution < -0.4 is 11.2 Å². The summed E-state index contributed by atoms with van der Waals surface area (Å²) in [6.07, 6.45) is -1.70. The van der Waals surface area contributed by atoms with Gasteiger partial charge in [0.15, 0.2) is 0 Å². The van der Waals surface area contributed by atoms with Crippen molar-refractivity contribution in [1.82, 2.24) is 9.55 Å². The van der Waals surface area contributed by atoms with Crippen molar-refractivity contribution in [2.45, 2.75) is 37.1 Å². The lowest BCUT2D eigenvalue weighted by molar-refractivity contribution is -0.0268. The summed E-state index contributed by atoms with van der Waals surface area (Å²) in [5, 5.41) is -2.38. The molecule has 0 aliphatic carbocycles. The quantitative estimate of drug-likeness (QED) is 0.126. The highest BCUT2D eigenvalue weighted by Gasteiger charge is 2.67. The highest BCUT2D eigenvalue weighted by atomic mass is 31.3. The van der Waals surface area contributed by atoms with Crippen LogP contribution in [-0.2, 0) is 27.3 Å². The lowest BCUT2D eigenvalue weighted by atomic mass is 10.1. The molecule has 0 saturated carbocycles. The number of alkyl halides is 2. The highest BCUT2D eigenvalue weighted by molar-refractivity contribution is 7.75. The minimum atomic E-state index is -6.74. The molecular formula is C11H16F2N5O12P3. The summed E-state index contributed by atoms with van der Waals surface area (Å²) in [5.41, 5.74) is 7.19. The van der Waals surface area contributed by atoms with Crippen molar-refractivity contribution in [2.75, 3.05) is 6.61 Å². The largest absolute Gasteiger partial charge is 0.479 e. The number of aryl methyl sites for hydroxylation is 1. The van der Waals surface area contributed by atoms with Crippen molar-refractivity contribution in [3.05, 3.63) is 43.0 Å². The van der Waals surface area contributed by atoms with Gasteiger partial charge in [-0.25, -0.2) is 13.7 Å². The smallest absolute Gasteiger partial charge is 0.352 e.